The van der Waals surface area contributed by atoms with Gasteiger partial charge in [0, 0.05) is 25.7 Å². The average Bonchev–Trinajstić information content (AvgIpc) is 1.99. The second kappa shape index (κ2) is 5.14. The Morgan fingerprint density at radius 2 is 2.07 bits per heavy atom. The molecule has 1 unspecified atom stereocenters. The van der Waals surface area contributed by atoms with Crippen molar-refractivity contribution >= 4 is 0 Å². The number of aliphatic hydroxyl groups is 1. The van der Waals surface area contributed by atoms with Crippen molar-refractivity contribution < 1.29 is 18.3 Å². The molecule has 1 saturated heterocycles. The van der Waals surface area contributed by atoms with Crippen molar-refractivity contribution in [3.8, 4) is 0 Å². The Labute approximate surface area is 87.3 Å². The third kappa shape index (κ3) is 3.62. The fraction of sp³-hybridized carbons (Fsp3) is 1.00. The minimum absolute atomic E-state index is 0.141. The van der Waals surface area contributed by atoms with Crippen molar-refractivity contribution in [2.75, 3.05) is 26.2 Å². The highest BCUT2D eigenvalue weighted by molar-refractivity contribution is 4.86. The molecule has 0 bridgehead atoms. The van der Waals surface area contributed by atoms with E-state index in [0.29, 0.717) is 19.6 Å². The van der Waals surface area contributed by atoms with E-state index >= 15 is 0 Å². The van der Waals surface area contributed by atoms with Gasteiger partial charge in [0.15, 0.2) is 6.10 Å². The molecule has 0 spiro atoms. The van der Waals surface area contributed by atoms with Crippen LogP contribution in [-0.2, 0) is 0 Å². The van der Waals surface area contributed by atoms with Gasteiger partial charge in [-0.2, -0.15) is 13.2 Å². The average molecular weight is 226 g/mol. The highest BCUT2D eigenvalue weighted by atomic mass is 19.4. The number of nitrogens with one attached hydrogen (secondary N) is 1. The molecule has 1 aliphatic heterocycles. The number of aliphatic hydroxyl groups excluding tert-OH is 1. The SMILES string of the molecule is CCCN(CC(O)C(F)(F)F)C1CNC1. The third-order valence-corrected chi connectivity index (χ3v) is 2.57. The molecule has 15 heavy (non-hydrogen) atoms. The monoisotopic (exact) mass is 226 g/mol. The maximum atomic E-state index is 12.1. The Hall–Kier alpha value is -0.330. The van der Waals surface area contributed by atoms with E-state index in [-0.39, 0.29) is 12.6 Å². The molecular formula is C9H17F3N2O. The summed E-state index contributed by atoms with van der Waals surface area (Å²) >= 11 is 0. The number of hydrogen-bond donors (Lipinski definition) is 2. The summed E-state index contributed by atoms with van der Waals surface area (Å²) in [7, 11) is 0. The molecule has 1 fully saturated rings. The summed E-state index contributed by atoms with van der Waals surface area (Å²) in [5.41, 5.74) is 0. The van der Waals surface area contributed by atoms with E-state index in [1.807, 2.05) is 6.92 Å². The second-order valence-electron chi connectivity index (χ2n) is 3.86. The van der Waals surface area contributed by atoms with Crippen molar-refractivity contribution in [1.82, 2.24) is 10.2 Å². The highest BCUT2D eigenvalue weighted by Gasteiger charge is 2.40. The van der Waals surface area contributed by atoms with E-state index in [2.05, 4.69) is 5.32 Å². The van der Waals surface area contributed by atoms with Crippen molar-refractivity contribution in [1.29, 1.82) is 0 Å². The van der Waals surface area contributed by atoms with E-state index in [1.165, 1.54) is 0 Å². The quantitative estimate of drug-likeness (QED) is 0.720. The Balaban J connectivity index is 2.42. The van der Waals surface area contributed by atoms with Crippen LogP contribution in [0.1, 0.15) is 13.3 Å². The fourth-order valence-corrected chi connectivity index (χ4v) is 1.57. The van der Waals surface area contributed by atoms with Gasteiger partial charge in [-0.1, -0.05) is 6.92 Å². The molecule has 1 aliphatic rings. The lowest BCUT2D eigenvalue weighted by Gasteiger charge is -2.39. The van der Waals surface area contributed by atoms with E-state index in [0.717, 1.165) is 6.42 Å². The molecule has 1 heterocycles. The Morgan fingerprint density at radius 3 is 2.40 bits per heavy atom. The lowest BCUT2D eigenvalue weighted by atomic mass is 10.1. The maximum absolute atomic E-state index is 12.1. The molecule has 1 atom stereocenters. The Kier molecular flexibility index (Phi) is 4.36. The van der Waals surface area contributed by atoms with E-state index < -0.39 is 12.3 Å². The second-order valence-corrected chi connectivity index (χ2v) is 3.86. The predicted octanol–water partition coefficient (Wildman–Crippen LogP) is 0.593. The molecule has 2 N–H and O–H groups in total. The van der Waals surface area contributed by atoms with E-state index in [4.69, 9.17) is 5.11 Å². The van der Waals surface area contributed by atoms with E-state index in [1.54, 1.807) is 4.90 Å². The summed E-state index contributed by atoms with van der Waals surface area (Å²) in [6.45, 7) is 3.62. The number of halogens is 3. The molecule has 0 radical (unpaired) electrons. The zero-order valence-corrected chi connectivity index (χ0v) is 8.72. The third-order valence-electron chi connectivity index (χ3n) is 2.57. The molecule has 90 valence electrons. The van der Waals surface area contributed by atoms with Crippen LogP contribution in [0.5, 0.6) is 0 Å². The van der Waals surface area contributed by atoms with Gasteiger partial charge >= 0.3 is 6.18 Å². The predicted molar refractivity (Wildman–Crippen MR) is 50.6 cm³/mol. The van der Waals surface area contributed by atoms with Crippen molar-refractivity contribution in [2.45, 2.75) is 31.7 Å². The van der Waals surface area contributed by atoms with Gasteiger partial charge in [0.1, 0.15) is 0 Å². The Bertz CT molecular complexity index is 194. The molecule has 1 rings (SSSR count). The van der Waals surface area contributed by atoms with Crippen LogP contribution in [0.15, 0.2) is 0 Å². The van der Waals surface area contributed by atoms with Crippen LogP contribution in [0.4, 0.5) is 13.2 Å². The lowest BCUT2D eigenvalue weighted by molar-refractivity contribution is -0.210. The molecule has 0 aromatic heterocycles. The van der Waals surface area contributed by atoms with Gasteiger partial charge in [-0.3, -0.25) is 4.90 Å². The molecule has 6 heteroatoms. The molecular weight excluding hydrogens is 209 g/mol. The zero-order valence-electron chi connectivity index (χ0n) is 8.72. The van der Waals surface area contributed by atoms with Crippen LogP contribution < -0.4 is 5.32 Å². The standard InChI is InChI=1S/C9H17F3N2O/c1-2-3-14(7-4-13-5-7)6-8(15)9(10,11)12/h7-8,13,15H,2-6H2,1H3. The number of alkyl halides is 3. The van der Waals surface area contributed by atoms with E-state index in [9.17, 15) is 13.2 Å². The molecule has 0 aliphatic carbocycles. The first-order chi connectivity index (χ1) is 6.95. The fourth-order valence-electron chi connectivity index (χ4n) is 1.57. The van der Waals surface area contributed by atoms with Gasteiger partial charge in [-0.15, -0.1) is 0 Å². The van der Waals surface area contributed by atoms with Crippen LogP contribution in [-0.4, -0.2) is 54.5 Å². The summed E-state index contributed by atoms with van der Waals surface area (Å²) in [6.07, 6.45) is -5.95. The van der Waals surface area contributed by atoms with Crippen molar-refractivity contribution in [2.24, 2.45) is 0 Å². The van der Waals surface area contributed by atoms with Crippen LogP contribution in [0.3, 0.4) is 0 Å². The van der Waals surface area contributed by atoms with Crippen LogP contribution in [0.25, 0.3) is 0 Å². The molecule has 0 saturated carbocycles. The first-order valence-electron chi connectivity index (χ1n) is 5.14. The number of nitrogens with zero attached hydrogens (tertiary/aromatic N) is 1. The molecule has 3 nitrogen and oxygen atoms in total. The van der Waals surface area contributed by atoms with Gasteiger partial charge in [-0.05, 0) is 13.0 Å². The smallest absolute Gasteiger partial charge is 0.382 e. The van der Waals surface area contributed by atoms with Crippen molar-refractivity contribution in [3.63, 3.8) is 0 Å². The van der Waals surface area contributed by atoms with Crippen LogP contribution in [0, 0.1) is 0 Å². The number of hydrogen-bond acceptors (Lipinski definition) is 3. The largest absolute Gasteiger partial charge is 0.415 e. The molecule has 0 amide bonds. The Morgan fingerprint density at radius 1 is 1.47 bits per heavy atom. The van der Waals surface area contributed by atoms with Crippen LogP contribution in [0.2, 0.25) is 0 Å². The number of rotatable bonds is 5. The maximum Gasteiger partial charge on any atom is 0.415 e. The molecule has 0 aromatic carbocycles. The zero-order chi connectivity index (χ0) is 11.5. The topological polar surface area (TPSA) is 35.5 Å². The normalized spacial score (nSPS) is 20.4. The van der Waals surface area contributed by atoms with Gasteiger partial charge in [0.2, 0.25) is 0 Å². The summed E-state index contributed by atoms with van der Waals surface area (Å²) in [5, 5.41) is 12.0. The van der Waals surface area contributed by atoms with Crippen LogP contribution >= 0.6 is 0 Å². The van der Waals surface area contributed by atoms with Gasteiger partial charge in [-0.25, -0.2) is 0 Å². The summed E-state index contributed by atoms with van der Waals surface area (Å²) < 4.78 is 36.4. The van der Waals surface area contributed by atoms with Crippen molar-refractivity contribution in [3.05, 3.63) is 0 Å². The summed E-state index contributed by atoms with van der Waals surface area (Å²) in [5.74, 6) is 0. The first-order valence-corrected chi connectivity index (χ1v) is 5.14. The van der Waals surface area contributed by atoms with Gasteiger partial charge < -0.3 is 10.4 Å². The first kappa shape index (κ1) is 12.7. The molecule has 0 aromatic rings. The minimum atomic E-state index is -4.51. The minimum Gasteiger partial charge on any atom is -0.382 e. The lowest BCUT2D eigenvalue weighted by Crippen LogP contribution is -2.59. The summed E-state index contributed by atoms with van der Waals surface area (Å²) in [4.78, 5) is 1.70. The summed E-state index contributed by atoms with van der Waals surface area (Å²) in [6, 6.07) is 0.141. The highest BCUT2D eigenvalue weighted by Crippen LogP contribution is 2.21. The van der Waals surface area contributed by atoms with Gasteiger partial charge in [0.25, 0.3) is 0 Å². The van der Waals surface area contributed by atoms with Gasteiger partial charge in [0.05, 0.1) is 0 Å².